The average molecular weight is 437 g/mol. The van der Waals surface area contributed by atoms with Crippen molar-refractivity contribution < 1.29 is 19.5 Å². The van der Waals surface area contributed by atoms with Crippen molar-refractivity contribution in [2.75, 3.05) is 12.4 Å². The highest BCUT2D eigenvalue weighted by Gasteiger charge is 2.23. The van der Waals surface area contributed by atoms with Gasteiger partial charge in [-0.2, -0.15) is 0 Å². The lowest BCUT2D eigenvalue weighted by Crippen LogP contribution is -2.20. The van der Waals surface area contributed by atoms with Crippen molar-refractivity contribution >= 4 is 40.6 Å². The number of carbonyl (C=O) groups excluding carboxylic acids is 2. The number of aromatic nitrogens is 1. The maximum absolute atomic E-state index is 12.9. The Kier molecular flexibility index (Phi) is 6.12. The molecular formula is C21H19N5O4S. The Morgan fingerprint density at radius 1 is 1.06 bits per heavy atom. The third-order valence-corrected chi connectivity index (χ3v) is 5.41. The van der Waals surface area contributed by atoms with Gasteiger partial charge in [0.25, 0.3) is 11.8 Å². The lowest BCUT2D eigenvalue weighted by Gasteiger charge is -2.10. The Bertz CT molecular complexity index is 1200. The molecule has 2 aromatic heterocycles. The Morgan fingerprint density at radius 3 is 2.32 bits per heavy atom. The van der Waals surface area contributed by atoms with Crippen molar-refractivity contribution in [1.29, 1.82) is 5.41 Å². The number of pyridine rings is 1. The van der Waals surface area contributed by atoms with Gasteiger partial charge in [-0.15, -0.1) is 11.3 Å². The molecule has 2 heterocycles. The number of nitrogens with zero attached hydrogens (tertiary/aromatic N) is 1. The number of nitrogens with two attached hydrogens (primary N) is 1. The summed E-state index contributed by atoms with van der Waals surface area (Å²) in [6, 6.07) is 11.1. The number of hydrogen-bond donors (Lipinski definition) is 5. The van der Waals surface area contributed by atoms with Gasteiger partial charge < -0.3 is 21.5 Å². The fourth-order valence-electron chi connectivity index (χ4n) is 2.90. The molecule has 0 saturated heterocycles. The summed E-state index contributed by atoms with van der Waals surface area (Å²) < 4.78 is 0. The number of aryl methyl sites for hydroxylation is 1. The zero-order valence-corrected chi connectivity index (χ0v) is 17.5. The Labute approximate surface area is 181 Å². The van der Waals surface area contributed by atoms with Gasteiger partial charge in [-0.05, 0) is 49.4 Å². The quantitative estimate of drug-likeness (QED) is 0.295. The van der Waals surface area contributed by atoms with E-state index in [9.17, 15) is 19.5 Å². The van der Waals surface area contributed by atoms with E-state index in [1.807, 2.05) is 0 Å². The topological polar surface area (TPSA) is 158 Å². The van der Waals surface area contributed by atoms with Crippen LogP contribution in [0, 0.1) is 12.3 Å². The van der Waals surface area contributed by atoms with Gasteiger partial charge in [0.1, 0.15) is 16.4 Å². The zero-order valence-electron chi connectivity index (χ0n) is 16.6. The second kappa shape index (κ2) is 8.76. The highest BCUT2D eigenvalue weighted by molar-refractivity contribution is 7.14. The van der Waals surface area contributed by atoms with Crippen LogP contribution in [-0.4, -0.2) is 40.8 Å². The van der Waals surface area contributed by atoms with E-state index in [1.165, 1.54) is 30.5 Å². The van der Waals surface area contributed by atoms with E-state index in [0.29, 0.717) is 21.7 Å². The molecule has 0 fully saturated rings. The van der Waals surface area contributed by atoms with Crippen molar-refractivity contribution in [3.05, 3.63) is 69.2 Å². The number of nitrogen functional groups attached to an aromatic ring is 1. The van der Waals surface area contributed by atoms with Crippen LogP contribution in [0.2, 0.25) is 0 Å². The van der Waals surface area contributed by atoms with Gasteiger partial charge in [0.2, 0.25) is 0 Å². The first kappa shape index (κ1) is 21.7. The van der Waals surface area contributed by atoms with Crippen LogP contribution in [0.5, 0.6) is 0 Å². The predicted molar refractivity (Wildman–Crippen MR) is 118 cm³/mol. The van der Waals surface area contributed by atoms with Crippen molar-refractivity contribution in [2.24, 2.45) is 5.73 Å². The van der Waals surface area contributed by atoms with E-state index in [0.717, 1.165) is 4.88 Å². The van der Waals surface area contributed by atoms with Crippen molar-refractivity contribution in [3.8, 4) is 11.1 Å². The minimum absolute atomic E-state index is 0.0350. The molecule has 0 aliphatic rings. The summed E-state index contributed by atoms with van der Waals surface area (Å²) in [6.07, 6.45) is 0. The lowest BCUT2D eigenvalue weighted by molar-refractivity contribution is 0.0691. The van der Waals surface area contributed by atoms with E-state index in [2.05, 4.69) is 15.6 Å². The Morgan fingerprint density at radius 2 is 1.74 bits per heavy atom. The molecule has 0 aliphatic carbocycles. The van der Waals surface area contributed by atoms with E-state index in [-0.39, 0.29) is 22.8 Å². The number of carboxylic acid groups (broad SMARTS) is 1. The molecule has 0 atom stereocenters. The van der Waals surface area contributed by atoms with E-state index >= 15 is 0 Å². The fraction of sp³-hybridized carbons (Fsp3) is 0.0952. The van der Waals surface area contributed by atoms with Crippen LogP contribution >= 0.6 is 11.3 Å². The second-order valence-corrected chi connectivity index (χ2v) is 7.78. The standard InChI is InChI=1S/C21H19N5O4S/c1-10-9-14(13-7-8-15(19(27)24-2)26-16(13)21(29)30)17(31-10)20(28)25-12-5-3-11(4-6-12)18(22)23/h3-9H,1-2H3,(H3,22,23)(H,24,27)(H,25,28)(H,29,30). The van der Waals surface area contributed by atoms with Gasteiger partial charge in [0.05, 0.1) is 0 Å². The number of thiophene rings is 1. The number of benzene rings is 1. The normalized spacial score (nSPS) is 10.4. The largest absolute Gasteiger partial charge is 0.476 e. The number of amidine groups is 1. The smallest absolute Gasteiger partial charge is 0.355 e. The summed E-state index contributed by atoms with van der Waals surface area (Å²) in [5, 5.41) is 22.2. The summed E-state index contributed by atoms with van der Waals surface area (Å²) in [6.45, 7) is 1.80. The first-order valence-electron chi connectivity index (χ1n) is 9.04. The SMILES string of the molecule is CNC(=O)c1ccc(-c2cc(C)sc2C(=O)Nc2ccc(C(=N)N)cc2)c(C(=O)O)n1. The molecule has 0 bridgehead atoms. The molecule has 0 saturated carbocycles. The molecule has 0 radical (unpaired) electrons. The number of nitrogens with one attached hydrogen (secondary N) is 3. The molecule has 9 nitrogen and oxygen atoms in total. The summed E-state index contributed by atoms with van der Waals surface area (Å²) in [7, 11) is 1.42. The Balaban J connectivity index is 2.00. The van der Waals surface area contributed by atoms with Crippen LogP contribution in [0.3, 0.4) is 0 Å². The van der Waals surface area contributed by atoms with Gasteiger partial charge in [-0.25, -0.2) is 9.78 Å². The minimum Gasteiger partial charge on any atom is -0.476 e. The number of anilines is 1. The molecule has 3 aromatic rings. The number of carboxylic acids is 1. The number of rotatable bonds is 6. The second-order valence-electron chi connectivity index (χ2n) is 6.52. The maximum Gasteiger partial charge on any atom is 0.355 e. The van der Waals surface area contributed by atoms with Crippen LogP contribution < -0.4 is 16.4 Å². The van der Waals surface area contributed by atoms with E-state index in [1.54, 1.807) is 37.3 Å². The number of hydrogen-bond acceptors (Lipinski definition) is 6. The molecule has 31 heavy (non-hydrogen) atoms. The van der Waals surface area contributed by atoms with Crippen LogP contribution in [-0.2, 0) is 0 Å². The van der Waals surface area contributed by atoms with Crippen molar-refractivity contribution in [3.63, 3.8) is 0 Å². The minimum atomic E-state index is -1.31. The van der Waals surface area contributed by atoms with E-state index < -0.39 is 17.8 Å². The van der Waals surface area contributed by atoms with Gasteiger partial charge in [-0.3, -0.25) is 15.0 Å². The first-order valence-corrected chi connectivity index (χ1v) is 9.86. The van der Waals surface area contributed by atoms with Crippen molar-refractivity contribution in [2.45, 2.75) is 6.92 Å². The number of amides is 2. The van der Waals surface area contributed by atoms with Gasteiger partial charge in [0, 0.05) is 34.3 Å². The zero-order chi connectivity index (χ0) is 22.7. The predicted octanol–water partition coefficient (Wildman–Crippen LogP) is 2.71. The van der Waals surface area contributed by atoms with E-state index in [4.69, 9.17) is 11.1 Å². The summed E-state index contributed by atoms with van der Waals surface area (Å²) >= 11 is 1.21. The summed E-state index contributed by atoms with van der Waals surface area (Å²) in [4.78, 5) is 41.7. The highest BCUT2D eigenvalue weighted by atomic mass is 32.1. The molecule has 1 aromatic carbocycles. The van der Waals surface area contributed by atoms with Crippen LogP contribution in [0.4, 0.5) is 5.69 Å². The molecular weight excluding hydrogens is 418 g/mol. The van der Waals surface area contributed by atoms with Crippen LogP contribution in [0.15, 0.2) is 42.5 Å². The van der Waals surface area contributed by atoms with Gasteiger partial charge in [-0.1, -0.05) is 0 Å². The number of aromatic carboxylic acids is 1. The molecule has 0 aliphatic heterocycles. The summed E-state index contributed by atoms with van der Waals surface area (Å²) in [5.41, 5.74) is 6.76. The molecule has 6 N–H and O–H groups in total. The third kappa shape index (κ3) is 4.59. The first-order chi connectivity index (χ1) is 14.7. The number of carbonyl (C=O) groups is 3. The van der Waals surface area contributed by atoms with Crippen molar-refractivity contribution in [1.82, 2.24) is 10.3 Å². The third-order valence-electron chi connectivity index (χ3n) is 4.36. The molecule has 158 valence electrons. The van der Waals surface area contributed by atoms with Crippen LogP contribution in [0.25, 0.3) is 11.1 Å². The summed E-state index contributed by atoms with van der Waals surface area (Å²) in [5.74, 6) is -2.32. The molecule has 10 heteroatoms. The molecule has 0 unspecified atom stereocenters. The Hall–Kier alpha value is -4.05. The maximum atomic E-state index is 12.9. The monoisotopic (exact) mass is 437 g/mol. The van der Waals surface area contributed by atoms with Crippen LogP contribution in [0.1, 0.15) is 41.1 Å². The molecule has 2 amide bonds. The van der Waals surface area contributed by atoms with Gasteiger partial charge >= 0.3 is 5.97 Å². The lowest BCUT2D eigenvalue weighted by atomic mass is 10.0. The molecule has 3 rings (SSSR count). The van der Waals surface area contributed by atoms with Gasteiger partial charge in [0.15, 0.2) is 5.69 Å². The highest BCUT2D eigenvalue weighted by Crippen LogP contribution is 2.34. The average Bonchev–Trinajstić information content (AvgIpc) is 3.14. The fourth-order valence-corrected chi connectivity index (χ4v) is 3.82. The molecule has 0 spiro atoms.